The molecule has 1 nitrogen and oxygen atoms in total. The van der Waals surface area contributed by atoms with Gasteiger partial charge in [-0.25, -0.2) is 0 Å². The molecule has 0 amide bonds. The van der Waals surface area contributed by atoms with Gasteiger partial charge < -0.3 is 5.73 Å². The fraction of sp³-hybridized carbons (Fsp3) is 1.00. The summed E-state index contributed by atoms with van der Waals surface area (Å²) < 4.78 is 0. The van der Waals surface area contributed by atoms with Crippen molar-refractivity contribution in [3.8, 4) is 0 Å². The van der Waals surface area contributed by atoms with Crippen LogP contribution < -0.4 is 5.73 Å². The lowest BCUT2D eigenvalue weighted by Crippen LogP contribution is -2.40. The van der Waals surface area contributed by atoms with E-state index in [1.165, 1.54) is 44.9 Å². The van der Waals surface area contributed by atoms with Crippen molar-refractivity contribution in [2.45, 2.75) is 97.9 Å². The minimum Gasteiger partial charge on any atom is -0.328 e. The molecule has 2 N–H and O–H groups in total. The zero-order chi connectivity index (χ0) is 17.0. The number of fused-ring (bicyclic) bond motifs is 1. The van der Waals surface area contributed by atoms with Crippen molar-refractivity contribution in [1.29, 1.82) is 0 Å². The molecule has 136 valence electrons. The third-order valence-corrected chi connectivity index (χ3v) is 10.2. The largest absolute Gasteiger partial charge is 0.328 e. The van der Waals surface area contributed by atoms with E-state index in [4.69, 9.17) is 5.73 Å². The van der Waals surface area contributed by atoms with Crippen LogP contribution in [0.4, 0.5) is 0 Å². The topological polar surface area (TPSA) is 26.0 Å². The molecule has 0 saturated heterocycles. The number of hydrogen-bond acceptors (Lipinski definition) is 1. The lowest BCUT2D eigenvalue weighted by Gasteiger charge is -2.46. The van der Waals surface area contributed by atoms with Crippen LogP contribution in [0.3, 0.4) is 0 Å². The van der Waals surface area contributed by atoms with Gasteiger partial charge in [-0.3, -0.25) is 0 Å². The van der Waals surface area contributed by atoms with Crippen LogP contribution in [-0.4, -0.2) is 6.04 Å². The first-order valence-electron chi connectivity index (χ1n) is 11.0. The van der Waals surface area contributed by atoms with Gasteiger partial charge in [-0.05, 0) is 110 Å². The van der Waals surface area contributed by atoms with Gasteiger partial charge in [0, 0.05) is 6.04 Å². The molecule has 8 atom stereocenters. The highest BCUT2D eigenvalue weighted by Crippen LogP contribution is 2.91. The number of nitrogens with two attached hydrogens (primary N) is 1. The lowest BCUT2D eigenvalue weighted by atomic mass is 9.58. The zero-order valence-electron chi connectivity index (χ0n) is 16.5. The normalized spacial score (nSPS) is 58.6. The van der Waals surface area contributed by atoms with Crippen LogP contribution in [-0.2, 0) is 0 Å². The van der Waals surface area contributed by atoms with E-state index in [1.807, 2.05) is 0 Å². The average Bonchev–Trinajstić information content (AvgIpc) is 2.71. The van der Waals surface area contributed by atoms with E-state index in [9.17, 15) is 0 Å². The summed E-state index contributed by atoms with van der Waals surface area (Å²) in [5, 5.41) is 0. The molecular weight excluding hydrogens is 290 g/mol. The second-order valence-corrected chi connectivity index (χ2v) is 12.0. The molecule has 0 heterocycles. The maximum atomic E-state index is 6.38. The molecule has 1 heteroatoms. The minimum absolute atomic E-state index is 0.494. The van der Waals surface area contributed by atoms with E-state index < -0.39 is 0 Å². The molecule has 8 unspecified atom stereocenters. The quantitative estimate of drug-likeness (QED) is 0.649. The Hall–Kier alpha value is -0.0400. The third-order valence-electron chi connectivity index (χ3n) is 10.2. The number of rotatable bonds is 1. The molecule has 2 spiro atoms. The van der Waals surface area contributed by atoms with Gasteiger partial charge >= 0.3 is 0 Å². The Morgan fingerprint density at radius 1 is 0.875 bits per heavy atom. The smallest absolute Gasteiger partial charge is 0.00418 e. The molecule has 0 aromatic carbocycles. The van der Waals surface area contributed by atoms with Crippen molar-refractivity contribution in [3.63, 3.8) is 0 Å². The van der Waals surface area contributed by atoms with Gasteiger partial charge in [-0.1, -0.05) is 27.7 Å². The fourth-order valence-corrected chi connectivity index (χ4v) is 9.66. The van der Waals surface area contributed by atoms with Gasteiger partial charge in [-0.15, -0.1) is 0 Å². The van der Waals surface area contributed by atoms with E-state index >= 15 is 0 Å². The molecule has 5 fully saturated rings. The summed E-state index contributed by atoms with van der Waals surface area (Å²) in [7, 11) is 0. The van der Waals surface area contributed by atoms with Crippen molar-refractivity contribution >= 4 is 0 Å². The second-order valence-electron chi connectivity index (χ2n) is 12.0. The standard InChI is InChI=1S/C23H39N/c1-20(2,3)14-16-5-6-18-21(16,4)10-9-19-22-12-8-17(24)13-15(22)7-11-23(18,19)22/h15-19H,5-14,24H2,1-4H3. The summed E-state index contributed by atoms with van der Waals surface area (Å²) in [4.78, 5) is 0. The van der Waals surface area contributed by atoms with E-state index in [1.54, 1.807) is 19.3 Å². The lowest BCUT2D eigenvalue weighted by molar-refractivity contribution is 0.0205. The van der Waals surface area contributed by atoms with E-state index in [2.05, 4.69) is 27.7 Å². The maximum Gasteiger partial charge on any atom is 0.00418 e. The van der Waals surface area contributed by atoms with Gasteiger partial charge in [0.1, 0.15) is 0 Å². The summed E-state index contributed by atoms with van der Waals surface area (Å²) in [6.45, 7) is 10.1. The Morgan fingerprint density at radius 3 is 2.38 bits per heavy atom. The van der Waals surface area contributed by atoms with Crippen LogP contribution in [0.2, 0.25) is 0 Å². The Balaban J connectivity index is 1.47. The van der Waals surface area contributed by atoms with Crippen LogP contribution in [0.5, 0.6) is 0 Å². The number of hydrogen-bond donors (Lipinski definition) is 1. The highest BCUT2D eigenvalue weighted by atomic mass is 14.9. The molecule has 24 heavy (non-hydrogen) atoms. The molecular formula is C23H39N. The SMILES string of the molecule is CC(C)(C)CC1CCC2C1(C)CCC1C34CCC(N)CC3CCC214. The maximum absolute atomic E-state index is 6.38. The van der Waals surface area contributed by atoms with E-state index in [0.29, 0.717) is 16.9 Å². The van der Waals surface area contributed by atoms with Crippen LogP contribution in [0.1, 0.15) is 91.9 Å². The summed E-state index contributed by atoms with van der Waals surface area (Å²) >= 11 is 0. The predicted octanol–water partition coefficient (Wildman–Crippen LogP) is 5.77. The summed E-state index contributed by atoms with van der Waals surface area (Å²) in [6.07, 6.45) is 14.9. The van der Waals surface area contributed by atoms with Crippen molar-refractivity contribution in [2.24, 2.45) is 51.1 Å². The molecule has 0 bridgehead atoms. The van der Waals surface area contributed by atoms with E-state index in [0.717, 1.165) is 34.5 Å². The van der Waals surface area contributed by atoms with Crippen LogP contribution in [0.15, 0.2) is 0 Å². The van der Waals surface area contributed by atoms with Gasteiger partial charge in [0.2, 0.25) is 0 Å². The third kappa shape index (κ3) is 1.72. The van der Waals surface area contributed by atoms with Gasteiger partial charge in [0.25, 0.3) is 0 Å². The molecule has 0 aromatic heterocycles. The van der Waals surface area contributed by atoms with Gasteiger partial charge in [-0.2, -0.15) is 0 Å². The zero-order valence-corrected chi connectivity index (χ0v) is 16.5. The van der Waals surface area contributed by atoms with Crippen LogP contribution in [0, 0.1) is 45.3 Å². The van der Waals surface area contributed by atoms with Crippen molar-refractivity contribution in [1.82, 2.24) is 0 Å². The summed E-state index contributed by atoms with van der Waals surface area (Å²) in [5.74, 6) is 4.13. The van der Waals surface area contributed by atoms with Crippen LogP contribution in [0.25, 0.3) is 0 Å². The van der Waals surface area contributed by atoms with Crippen molar-refractivity contribution in [2.75, 3.05) is 0 Å². The molecule has 0 aliphatic heterocycles. The highest BCUT2D eigenvalue weighted by Gasteiger charge is 2.85. The monoisotopic (exact) mass is 329 g/mol. The van der Waals surface area contributed by atoms with Gasteiger partial charge in [0.15, 0.2) is 0 Å². The Bertz CT molecular complexity index is 547. The summed E-state index contributed by atoms with van der Waals surface area (Å²) in [6, 6.07) is 0.516. The predicted molar refractivity (Wildman–Crippen MR) is 101 cm³/mol. The molecule has 5 aliphatic carbocycles. The summed E-state index contributed by atoms with van der Waals surface area (Å²) in [5.41, 5.74) is 9.07. The molecule has 0 radical (unpaired) electrons. The molecule has 5 aliphatic rings. The second kappa shape index (κ2) is 4.62. The first-order valence-corrected chi connectivity index (χ1v) is 11.0. The minimum atomic E-state index is 0.494. The Kier molecular flexibility index (Phi) is 3.11. The van der Waals surface area contributed by atoms with E-state index in [-0.39, 0.29) is 0 Å². The average molecular weight is 330 g/mol. The molecule has 0 aromatic rings. The Labute approximate surface area is 149 Å². The molecule has 5 saturated carbocycles. The Morgan fingerprint density at radius 2 is 1.62 bits per heavy atom. The van der Waals surface area contributed by atoms with Crippen LogP contribution >= 0.6 is 0 Å². The van der Waals surface area contributed by atoms with Gasteiger partial charge in [0.05, 0.1) is 0 Å². The fourth-order valence-electron chi connectivity index (χ4n) is 9.66. The first-order chi connectivity index (χ1) is 11.2. The first kappa shape index (κ1) is 16.2. The van der Waals surface area contributed by atoms with Crippen molar-refractivity contribution < 1.29 is 0 Å². The molecule has 5 rings (SSSR count). The van der Waals surface area contributed by atoms with Crippen molar-refractivity contribution in [3.05, 3.63) is 0 Å². The highest BCUT2D eigenvalue weighted by molar-refractivity contribution is 5.33.